The number of phenols is 1. The fraction of sp³-hybridized carbons (Fsp3) is 0.160. The number of amides is 1. The summed E-state index contributed by atoms with van der Waals surface area (Å²) in [6, 6.07) is 24.7. The van der Waals surface area contributed by atoms with Crippen LogP contribution in [0.3, 0.4) is 0 Å². The first-order chi connectivity index (χ1) is 15.5. The van der Waals surface area contributed by atoms with E-state index in [9.17, 15) is 9.90 Å². The summed E-state index contributed by atoms with van der Waals surface area (Å²) in [4.78, 5) is 12.8. The molecule has 0 fully saturated rings. The van der Waals surface area contributed by atoms with Crippen molar-refractivity contribution in [2.75, 3.05) is 5.32 Å². The molecule has 0 radical (unpaired) electrons. The number of rotatable bonds is 7. The Bertz CT molecular complexity index is 1220. The summed E-state index contributed by atoms with van der Waals surface area (Å²) in [6.45, 7) is 4.33. The second-order valence-corrected chi connectivity index (χ2v) is 8.77. The third-order valence-corrected chi connectivity index (χ3v) is 6.18. The van der Waals surface area contributed by atoms with Crippen molar-refractivity contribution in [3.8, 4) is 17.1 Å². The van der Waals surface area contributed by atoms with Crippen LogP contribution in [-0.4, -0.2) is 31.0 Å². The minimum atomic E-state index is -0.398. The number of hydrogen-bond donors (Lipinski definition) is 2. The number of carbonyl (C=O) groups excluding carboxylic acids is 1. The van der Waals surface area contributed by atoms with Gasteiger partial charge in [-0.2, -0.15) is 0 Å². The van der Waals surface area contributed by atoms with Crippen molar-refractivity contribution in [2.45, 2.75) is 30.8 Å². The summed E-state index contributed by atoms with van der Waals surface area (Å²) in [5.74, 6) is 0.583. The van der Waals surface area contributed by atoms with E-state index in [4.69, 9.17) is 0 Å². The molecule has 0 unspecified atom stereocenters. The van der Waals surface area contributed by atoms with Gasteiger partial charge in [-0.05, 0) is 43.2 Å². The van der Waals surface area contributed by atoms with Gasteiger partial charge in [-0.3, -0.25) is 9.36 Å². The molecule has 162 valence electrons. The number of carbonyl (C=O) groups is 1. The fourth-order valence-corrected chi connectivity index (χ4v) is 4.15. The summed E-state index contributed by atoms with van der Waals surface area (Å²) in [6.07, 6.45) is 0. The summed E-state index contributed by atoms with van der Waals surface area (Å²) < 4.78 is 1.94. The molecule has 0 saturated carbocycles. The van der Waals surface area contributed by atoms with Crippen molar-refractivity contribution in [2.24, 2.45) is 0 Å². The van der Waals surface area contributed by atoms with E-state index in [2.05, 4.69) is 15.5 Å². The van der Waals surface area contributed by atoms with Gasteiger partial charge in [0.05, 0.1) is 17.4 Å². The number of aryl methyl sites for hydroxylation is 1. The molecule has 4 aromatic rings. The Morgan fingerprint density at radius 2 is 1.69 bits per heavy atom. The van der Waals surface area contributed by atoms with E-state index in [0.29, 0.717) is 23.1 Å². The van der Waals surface area contributed by atoms with Crippen LogP contribution in [0.15, 0.2) is 84.0 Å². The molecule has 0 bridgehead atoms. The van der Waals surface area contributed by atoms with Crippen LogP contribution in [0.2, 0.25) is 0 Å². The summed E-state index contributed by atoms with van der Waals surface area (Å²) in [7, 11) is 0. The second kappa shape index (κ2) is 9.70. The first-order valence-electron chi connectivity index (χ1n) is 10.3. The van der Waals surface area contributed by atoms with Crippen LogP contribution in [0.25, 0.3) is 11.4 Å². The molecule has 1 heterocycles. The van der Waals surface area contributed by atoms with Gasteiger partial charge in [0.25, 0.3) is 0 Å². The van der Waals surface area contributed by atoms with Crippen LogP contribution < -0.4 is 5.32 Å². The molecule has 1 amide bonds. The Balaban J connectivity index is 1.62. The highest BCUT2D eigenvalue weighted by atomic mass is 32.2. The van der Waals surface area contributed by atoms with Gasteiger partial charge in [-0.15, -0.1) is 10.2 Å². The third-order valence-electron chi connectivity index (χ3n) is 5.10. The second-order valence-electron chi connectivity index (χ2n) is 7.46. The van der Waals surface area contributed by atoms with Gasteiger partial charge in [0.1, 0.15) is 5.75 Å². The first kappa shape index (κ1) is 21.6. The van der Waals surface area contributed by atoms with Crippen LogP contribution in [-0.2, 0) is 11.3 Å². The van der Waals surface area contributed by atoms with Crippen molar-refractivity contribution in [3.63, 3.8) is 0 Å². The lowest BCUT2D eigenvalue weighted by atomic mass is 10.1. The van der Waals surface area contributed by atoms with Crippen LogP contribution in [0.1, 0.15) is 18.1 Å². The van der Waals surface area contributed by atoms with Crippen molar-refractivity contribution < 1.29 is 9.90 Å². The van der Waals surface area contributed by atoms with Crippen LogP contribution in [0.4, 0.5) is 5.69 Å². The van der Waals surface area contributed by atoms with Gasteiger partial charge < -0.3 is 10.4 Å². The molecule has 1 atom stereocenters. The third kappa shape index (κ3) is 4.84. The standard InChI is InChI=1S/C25H24N4O2S/c1-17-10-6-8-14-21(17)26-24(31)18(2)32-25-28-27-23(20-13-7-9-15-22(20)30)29(25)16-19-11-4-3-5-12-19/h3-15,18,30H,16H2,1-2H3,(H,26,31)/t18-/m1/s1. The Hall–Kier alpha value is -3.58. The number of anilines is 1. The van der Waals surface area contributed by atoms with E-state index in [-0.39, 0.29) is 11.7 Å². The highest BCUT2D eigenvalue weighted by Gasteiger charge is 2.22. The minimum absolute atomic E-state index is 0.109. The molecule has 2 N–H and O–H groups in total. The summed E-state index contributed by atoms with van der Waals surface area (Å²) in [5, 5.41) is 22.3. The Kier molecular flexibility index (Phi) is 6.56. The van der Waals surface area contributed by atoms with E-state index in [1.165, 1.54) is 11.8 Å². The predicted molar refractivity (Wildman–Crippen MR) is 128 cm³/mol. The smallest absolute Gasteiger partial charge is 0.237 e. The number of nitrogens with one attached hydrogen (secondary N) is 1. The lowest BCUT2D eigenvalue weighted by Gasteiger charge is -2.15. The maximum absolute atomic E-state index is 12.8. The van der Waals surface area contributed by atoms with Crippen LogP contribution in [0, 0.1) is 6.92 Å². The van der Waals surface area contributed by atoms with E-state index in [0.717, 1.165) is 16.8 Å². The van der Waals surface area contributed by atoms with Gasteiger partial charge in [-0.25, -0.2) is 0 Å². The SMILES string of the molecule is Cc1ccccc1NC(=O)[C@@H](C)Sc1nnc(-c2ccccc2O)n1Cc1ccccc1. The number of benzene rings is 3. The van der Waals surface area contributed by atoms with E-state index >= 15 is 0 Å². The van der Waals surface area contributed by atoms with Gasteiger partial charge >= 0.3 is 0 Å². The zero-order valence-corrected chi connectivity index (χ0v) is 18.7. The average Bonchev–Trinajstić information content (AvgIpc) is 3.18. The average molecular weight is 445 g/mol. The molecule has 7 heteroatoms. The lowest BCUT2D eigenvalue weighted by Crippen LogP contribution is -2.23. The zero-order valence-electron chi connectivity index (χ0n) is 17.9. The molecule has 0 saturated heterocycles. The molecule has 0 spiro atoms. The van der Waals surface area contributed by atoms with Crippen molar-refractivity contribution >= 4 is 23.4 Å². The number of phenolic OH excluding ortho intramolecular Hbond substituents is 1. The molecular weight excluding hydrogens is 420 g/mol. The van der Waals surface area contributed by atoms with E-state index in [1.54, 1.807) is 12.1 Å². The molecule has 0 aliphatic carbocycles. The predicted octanol–water partition coefficient (Wildman–Crippen LogP) is 5.13. The molecule has 1 aromatic heterocycles. The number of nitrogens with zero attached hydrogens (tertiary/aromatic N) is 3. The van der Waals surface area contributed by atoms with Crippen LogP contribution >= 0.6 is 11.8 Å². The molecule has 6 nitrogen and oxygen atoms in total. The van der Waals surface area contributed by atoms with Gasteiger partial charge in [0, 0.05) is 5.69 Å². The quantitative estimate of drug-likeness (QED) is 0.387. The number of hydrogen-bond acceptors (Lipinski definition) is 5. The van der Waals surface area contributed by atoms with E-state index in [1.807, 2.05) is 85.1 Å². The Labute approximate surface area is 191 Å². The van der Waals surface area contributed by atoms with Gasteiger partial charge in [-0.1, -0.05) is 72.4 Å². The largest absolute Gasteiger partial charge is 0.507 e. The molecule has 32 heavy (non-hydrogen) atoms. The number of thioether (sulfide) groups is 1. The number of aromatic nitrogens is 3. The molecule has 3 aromatic carbocycles. The van der Waals surface area contributed by atoms with Gasteiger partial charge in [0.15, 0.2) is 11.0 Å². The summed E-state index contributed by atoms with van der Waals surface area (Å²) >= 11 is 1.34. The van der Waals surface area contributed by atoms with Crippen molar-refractivity contribution in [1.82, 2.24) is 14.8 Å². The molecule has 0 aliphatic heterocycles. The molecule has 4 rings (SSSR count). The van der Waals surface area contributed by atoms with Crippen LogP contribution in [0.5, 0.6) is 5.75 Å². The lowest BCUT2D eigenvalue weighted by molar-refractivity contribution is -0.115. The minimum Gasteiger partial charge on any atom is -0.507 e. The molecule has 0 aliphatic rings. The molecular formula is C25H24N4O2S. The van der Waals surface area contributed by atoms with Crippen molar-refractivity contribution in [1.29, 1.82) is 0 Å². The number of para-hydroxylation sites is 2. The summed E-state index contributed by atoms with van der Waals surface area (Å²) in [5.41, 5.74) is 3.47. The Morgan fingerprint density at radius 1 is 1.00 bits per heavy atom. The topological polar surface area (TPSA) is 80.0 Å². The first-order valence-corrected chi connectivity index (χ1v) is 11.2. The van der Waals surface area contributed by atoms with E-state index < -0.39 is 5.25 Å². The maximum Gasteiger partial charge on any atom is 0.237 e. The maximum atomic E-state index is 12.8. The van der Waals surface area contributed by atoms with Crippen molar-refractivity contribution in [3.05, 3.63) is 90.0 Å². The normalized spacial score (nSPS) is 11.8. The monoisotopic (exact) mass is 444 g/mol. The van der Waals surface area contributed by atoms with Gasteiger partial charge in [0.2, 0.25) is 5.91 Å². The fourth-order valence-electron chi connectivity index (χ4n) is 3.31. The number of aromatic hydroxyl groups is 1. The Morgan fingerprint density at radius 3 is 2.44 bits per heavy atom. The highest BCUT2D eigenvalue weighted by molar-refractivity contribution is 8.00. The highest BCUT2D eigenvalue weighted by Crippen LogP contribution is 2.32. The zero-order chi connectivity index (χ0) is 22.5.